The number of carbonyl (C=O) groups excluding carboxylic acids is 2. The number of aryl methyl sites for hydroxylation is 1. The first kappa shape index (κ1) is 17.0. The van der Waals surface area contributed by atoms with Crippen molar-refractivity contribution in [1.29, 1.82) is 0 Å². The largest absolute Gasteiger partial charge is 0.274 e. The van der Waals surface area contributed by atoms with Gasteiger partial charge >= 0.3 is 0 Å². The number of halogens is 2. The standard InChI is InChI=1S/C19H17Cl2NO2/c1-11-3-5-13(6-4-11)9-15-12(2)18(23)22(19(15)24)14-7-8-16(20)17(21)10-14/h3-8,10,12,15H,9H2,1-2H3. The highest BCUT2D eigenvalue weighted by Gasteiger charge is 2.45. The summed E-state index contributed by atoms with van der Waals surface area (Å²) in [5.41, 5.74) is 2.69. The van der Waals surface area contributed by atoms with Gasteiger partial charge in [0.05, 0.1) is 21.7 Å². The lowest BCUT2D eigenvalue weighted by Gasteiger charge is -2.15. The number of imide groups is 1. The monoisotopic (exact) mass is 361 g/mol. The van der Waals surface area contributed by atoms with E-state index < -0.39 is 0 Å². The molecule has 24 heavy (non-hydrogen) atoms. The summed E-state index contributed by atoms with van der Waals surface area (Å²) in [7, 11) is 0. The quantitative estimate of drug-likeness (QED) is 0.744. The third-order valence-corrected chi connectivity index (χ3v) is 5.23. The Hall–Kier alpha value is -1.84. The zero-order chi connectivity index (χ0) is 17.4. The number of rotatable bonds is 3. The van der Waals surface area contributed by atoms with Crippen molar-refractivity contribution in [1.82, 2.24) is 0 Å². The van der Waals surface area contributed by atoms with Crippen LogP contribution in [-0.2, 0) is 16.0 Å². The fourth-order valence-corrected chi connectivity index (χ4v) is 3.28. The van der Waals surface area contributed by atoms with Gasteiger partial charge in [-0.05, 0) is 37.1 Å². The van der Waals surface area contributed by atoms with E-state index in [4.69, 9.17) is 23.2 Å². The normalized spacial score (nSPS) is 20.8. The number of carbonyl (C=O) groups is 2. The molecule has 0 aromatic heterocycles. The Morgan fingerprint density at radius 3 is 2.25 bits per heavy atom. The summed E-state index contributed by atoms with van der Waals surface area (Å²) in [6.45, 7) is 3.82. The van der Waals surface area contributed by atoms with Crippen molar-refractivity contribution in [3.05, 3.63) is 63.6 Å². The van der Waals surface area contributed by atoms with Gasteiger partial charge in [0, 0.05) is 5.92 Å². The maximum Gasteiger partial charge on any atom is 0.238 e. The average molecular weight is 362 g/mol. The third kappa shape index (κ3) is 3.06. The Bertz CT molecular complexity index is 802. The van der Waals surface area contributed by atoms with Crippen molar-refractivity contribution in [2.24, 2.45) is 11.8 Å². The van der Waals surface area contributed by atoms with Crippen LogP contribution in [-0.4, -0.2) is 11.8 Å². The van der Waals surface area contributed by atoms with Gasteiger partial charge in [0.25, 0.3) is 0 Å². The summed E-state index contributed by atoms with van der Waals surface area (Å²) in [6.07, 6.45) is 0.545. The molecule has 2 unspecified atom stereocenters. The van der Waals surface area contributed by atoms with E-state index in [9.17, 15) is 9.59 Å². The van der Waals surface area contributed by atoms with Crippen molar-refractivity contribution >= 4 is 40.7 Å². The number of hydrogen-bond acceptors (Lipinski definition) is 2. The summed E-state index contributed by atoms with van der Waals surface area (Å²) in [5, 5.41) is 0.716. The van der Waals surface area contributed by atoms with Crippen LogP contribution in [0, 0.1) is 18.8 Å². The van der Waals surface area contributed by atoms with Crippen LogP contribution >= 0.6 is 23.2 Å². The van der Waals surface area contributed by atoms with E-state index in [2.05, 4.69) is 0 Å². The molecule has 1 heterocycles. The van der Waals surface area contributed by atoms with Crippen LogP contribution in [0.1, 0.15) is 18.1 Å². The van der Waals surface area contributed by atoms with E-state index in [0.717, 1.165) is 11.1 Å². The van der Waals surface area contributed by atoms with Crippen LogP contribution in [0.25, 0.3) is 0 Å². The maximum atomic E-state index is 12.8. The second kappa shape index (κ2) is 6.58. The lowest BCUT2D eigenvalue weighted by Crippen LogP contribution is -2.31. The van der Waals surface area contributed by atoms with Crippen molar-refractivity contribution in [3.8, 4) is 0 Å². The van der Waals surface area contributed by atoms with Crippen LogP contribution in [0.4, 0.5) is 5.69 Å². The topological polar surface area (TPSA) is 37.4 Å². The Balaban J connectivity index is 1.88. The summed E-state index contributed by atoms with van der Waals surface area (Å²) < 4.78 is 0. The fraction of sp³-hybridized carbons (Fsp3) is 0.263. The van der Waals surface area contributed by atoms with Gasteiger partial charge < -0.3 is 0 Å². The zero-order valence-corrected chi connectivity index (χ0v) is 14.9. The molecule has 2 aromatic rings. The summed E-state index contributed by atoms with van der Waals surface area (Å²) in [5.74, 6) is -1.12. The van der Waals surface area contributed by atoms with Crippen LogP contribution in [0.5, 0.6) is 0 Å². The van der Waals surface area contributed by atoms with E-state index >= 15 is 0 Å². The molecule has 1 aliphatic heterocycles. The Morgan fingerprint density at radius 2 is 1.62 bits per heavy atom. The zero-order valence-electron chi connectivity index (χ0n) is 13.4. The molecule has 0 aliphatic carbocycles. The van der Waals surface area contributed by atoms with Gasteiger partial charge in [-0.1, -0.05) is 60.0 Å². The highest BCUT2D eigenvalue weighted by Crippen LogP contribution is 2.35. The number of amides is 2. The third-order valence-electron chi connectivity index (χ3n) is 4.49. The predicted octanol–water partition coefficient (Wildman–Crippen LogP) is 4.67. The molecule has 2 atom stereocenters. The molecule has 2 amide bonds. The van der Waals surface area contributed by atoms with Crippen molar-refractivity contribution < 1.29 is 9.59 Å². The SMILES string of the molecule is Cc1ccc(CC2C(=O)N(c3ccc(Cl)c(Cl)c3)C(=O)C2C)cc1. The first-order chi connectivity index (χ1) is 11.4. The number of nitrogens with zero attached hydrogens (tertiary/aromatic N) is 1. The van der Waals surface area contributed by atoms with E-state index in [1.54, 1.807) is 25.1 Å². The van der Waals surface area contributed by atoms with Crippen molar-refractivity contribution in [2.45, 2.75) is 20.3 Å². The predicted molar refractivity (Wildman–Crippen MR) is 96.5 cm³/mol. The fourth-order valence-electron chi connectivity index (χ4n) is 2.98. The highest BCUT2D eigenvalue weighted by atomic mass is 35.5. The van der Waals surface area contributed by atoms with Crippen molar-refractivity contribution in [3.63, 3.8) is 0 Å². The van der Waals surface area contributed by atoms with E-state index in [1.165, 1.54) is 4.90 Å². The summed E-state index contributed by atoms with van der Waals surface area (Å²) in [4.78, 5) is 26.6. The molecule has 2 aromatic carbocycles. The smallest absolute Gasteiger partial charge is 0.238 e. The molecule has 1 aliphatic rings. The minimum Gasteiger partial charge on any atom is -0.274 e. The molecule has 1 saturated heterocycles. The highest BCUT2D eigenvalue weighted by molar-refractivity contribution is 6.42. The molecular weight excluding hydrogens is 345 g/mol. The van der Waals surface area contributed by atoms with Crippen LogP contribution in [0.15, 0.2) is 42.5 Å². The van der Waals surface area contributed by atoms with E-state index in [1.807, 2.05) is 31.2 Å². The minimum atomic E-state index is -0.367. The number of benzene rings is 2. The van der Waals surface area contributed by atoms with E-state index in [-0.39, 0.29) is 23.7 Å². The molecule has 3 nitrogen and oxygen atoms in total. The molecular formula is C19H17Cl2NO2. The Kier molecular flexibility index (Phi) is 4.66. The lowest BCUT2D eigenvalue weighted by atomic mass is 9.90. The molecule has 0 bridgehead atoms. The summed E-state index contributed by atoms with van der Waals surface area (Å²) in [6, 6.07) is 12.8. The van der Waals surface area contributed by atoms with Gasteiger partial charge in [0.2, 0.25) is 11.8 Å². The first-order valence-corrected chi connectivity index (χ1v) is 8.52. The second-order valence-electron chi connectivity index (χ2n) is 6.20. The molecule has 5 heteroatoms. The Labute approximate surface area is 151 Å². The van der Waals surface area contributed by atoms with Crippen LogP contribution < -0.4 is 4.90 Å². The number of anilines is 1. The summed E-state index contributed by atoms with van der Waals surface area (Å²) >= 11 is 11.9. The van der Waals surface area contributed by atoms with Gasteiger partial charge in [0.15, 0.2) is 0 Å². The van der Waals surface area contributed by atoms with Gasteiger partial charge in [-0.15, -0.1) is 0 Å². The number of hydrogen-bond donors (Lipinski definition) is 0. The molecule has 1 fully saturated rings. The van der Waals surface area contributed by atoms with Gasteiger partial charge in [-0.3, -0.25) is 14.5 Å². The van der Waals surface area contributed by atoms with Gasteiger partial charge in [-0.2, -0.15) is 0 Å². The Morgan fingerprint density at radius 1 is 0.958 bits per heavy atom. The molecule has 0 radical (unpaired) electrons. The van der Waals surface area contributed by atoms with Crippen LogP contribution in [0.2, 0.25) is 10.0 Å². The second-order valence-corrected chi connectivity index (χ2v) is 7.01. The molecule has 124 valence electrons. The average Bonchev–Trinajstić information content (AvgIpc) is 2.76. The van der Waals surface area contributed by atoms with Gasteiger partial charge in [0.1, 0.15) is 0 Å². The first-order valence-electron chi connectivity index (χ1n) is 7.77. The molecule has 0 spiro atoms. The minimum absolute atomic E-state index is 0.188. The molecule has 0 N–H and O–H groups in total. The van der Waals surface area contributed by atoms with Crippen LogP contribution in [0.3, 0.4) is 0 Å². The van der Waals surface area contributed by atoms with E-state index in [0.29, 0.717) is 22.2 Å². The van der Waals surface area contributed by atoms with Crippen molar-refractivity contribution in [2.75, 3.05) is 4.90 Å². The molecule has 0 saturated carbocycles. The van der Waals surface area contributed by atoms with Gasteiger partial charge in [-0.25, -0.2) is 0 Å². The molecule has 3 rings (SSSR count). The lowest BCUT2D eigenvalue weighted by molar-refractivity contribution is -0.122. The maximum absolute atomic E-state index is 12.8.